The standard InChI is InChI=1S/C13H10ClN5O3S/c14-9-10(17-18-11(9)19(21)22)12(20)16-13-7(5-15)6-3-1-2-4-8(6)23-13/h1-4H2,(H,16,20)(H,17,18). The van der Waals surface area contributed by atoms with E-state index in [1.165, 1.54) is 11.3 Å². The number of hydrogen-bond donors (Lipinski definition) is 2. The first-order valence-electron chi connectivity index (χ1n) is 6.77. The number of hydrogen-bond acceptors (Lipinski definition) is 6. The summed E-state index contributed by atoms with van der Waals surface area (Å²) < 4.78 is 0. The highest BCUT2D eigenvalue weighted by Crippen LogP contribution is 2.38. The van der Waals surface area contributed by atoms with Crippen molar-refractivity contribution in [1.82, 2.24) is 10.2 Å². The zero-order valence-electron chi connectivity index (χ0n) is 11.7. The van der Waals surface area contributed by atoms with Crippen LogP contribution in [0.3, 0.4) is 0 Å². The number of carbonyl (C=O) groups excluding carboxylic acids is 1. The second-order valence-corrected chi connectivity index (χ2v) is 6.46. The van der Waals surface area contributed by atoms with Crippen molar-refractivity contribution in [3.8, 4) is 6.07 Å². The number of amides is 1. The van der Waals surface area contributed by atoms with Crippen LogP contribution in [-0.4, -0.2) is 21.0 Å². The summed E-state index contributed by atoms with van der Waals surface area (Å²) in [5.74, 6) is -1.22. The molecule has 1 aliphatic carbocycles. The van der Waals surface area contributed by atoms with Gasteiger partial charge in [0, 0.05) is 4.88 Å². The van der Waals surface area contributed by atoms with Crippen LogP contribution in [0.1, 0.15) is 39.3 Å². The number of fused-ring (bicyclic) bond motifs is 1. The molecule has 2 aromatic heterocycles. The molecule has 0 fully saturated rings. The molecule has 0 bridgehead atoms. The van der Waals surface area contributed by atoms with Gasteiger partial charge in [-0.25, -0.2) is 0 Å². The maximum atomic E-state index is 12.2. The first-order chi connectivity index (χ1) is 11.0. The minimum absolute atomic E-state index is 0.270. The van der Waals surface area contributed by atoms with Crippen molar-refractivity contribution in [2.75, 3.05) is 5.32 Å². The molecule has 0 radical (unpaired) electrons. The summed E-state index contributed by atoms with van der Waals surface area (Å²) in [6, 6.07) is 2.12. The largest absolute Gasteiger partial charge is 0.362 e. The van der Waals surface area contributed by atoms with Crippen LogP contribution in [0.4, 0.5) is 10.8 Å². The van der Waals surface area contributed by atoms with Crippen molar-refractivity contribution in [1.29, 1.82) is 5.26 Å². The Kier molecular flexibility index (Phi) is 4.02. The molecule has 8 nitrogen and oxygen atoms in total. The molecule has 23 heavy (non-hydrogen) atoms. The molecule has 0 unspecified atom stereocenters. The van der Waals surface area contributed by atoms with E-state index in [0.717, 1.165) is 36.1 Å². The molecule has 0 aromatic carbocycles. The Labute approximate surface area is 139 Å². The molecule has 118 valence electrons. The van der Waals surface area contributed by atoms with E-state index in [1.54, 1.807) is 0 Å². The third-order valence-corrected chi connectivity index (χ3v) is 5.16. The van der Waals surface area contributed by atoms with Crippen LogP contribution in [0.15, 0.2) is 0 Å². The molecule has 0 spiro atoms. The maximum absolute atomic E-state index is 12.2. The normalized spacial score (nSPS) is 13.2. The molecular weight excluding hydrogens is 342 g/mol. The van der Waals surface area contributed by atoms with Crippen LogP contribution in [0, 0.1) is 21.4 Å². The Morgan fingerprint density at radius 3 is 2.87 bits per heavy atom. The molecule has 1 aliphatic rings. The summed E-state index contributed by atoms with van der Waals surface area (Å²) in [6.07, 6.45) is 3.78. The molecule has 0 saturated heterocycles. The molecule has 3 rings (SSSR count). The van der Waals surface area contributed by atoms with Crippen LogP contribution in [0.5, 0.6) is 0 Å². The summed E-state index contributed by atoms with van der Waals surface area (Å²) in [5.41, 5.74) is 1.17. The van der Waals surface area contributed by atoms with Gasteiger partial charge in [0.15, 0.2) is 10.7 Å². The van der Waals surface area contributed by atoms with E-state index in [9.17, 15) is 20.2 Å². The zero-order chi connectivity index (χ0) is 16.6. The number of thiophene rings is 1. The number of nitro groups is 1. The van der Waals surface area contributed by atoms with E-state index in [4.69, 9.17) is 11.6 Å². The maximum Gasteiger partial charge on any atom is 0.362 e. The summed E-state index contributed by atoms with van der Waals surface area (Å²) in [4.78, 5) is 23.3. The number of aryl methyl sites for hydroxylation is 1. The van der Waals surface area contributed by atoms with E-state index in [2.05, 4.69) is 21.6 Å². The highest BCUT2D eigenvalue weighted by atomic mass is 35.5. The molecule has 1 amide bonds. The lowest BCUT2D eigenvalue weighted by Crippen LogP contribution is -2.13. The minimum atomic E-state index is -0.753. The van der Waals surface area contributed by atoms with E-state index in [0.29, 0.717) is 10.6 Å². The number of halogens is 1. The van der Waals surface area contributed by atoms with Crippen LogP contribution >= 0.6 is 22.9 Å². The molecule has 2 aromatic rings. The molecule has 10 heteroatoms. The molecule has 0 atom stereocenters. The van der Waals surface area contributed by atoms with Gasteiger partial charge in [0.1, 0.15) is 11.1 Å². The number of anilines is 1. The lowest BCUT2D eigenvalue weighted by Gasteiger charge is -2.09. The summed E-state index contributed by atoms with van der Waals surface area (Å²) in [7, 11) is 0. The van der Waals surface area contributed by atoms with Crippen LogP contribution < -0.4 is 5.32 Å². The van der Waals surface area contributed by atoms with E-state index >= 15 is 0 Å². The Hall–Kier alpha value is -2.44. The van der Waals surface area contributed by atoms with Crippen LogP contribution in [0.25, 0.3) is 0 Å². The number of nitrogens with one attached hydrogen (secondary N) is 2. The van der Waals surface area contributed by atoms with Gasteiger partial charge in [0.05, 0.1) is 5.56 Å². The Balaban J connectivity index is 1.91. The van der Waals surface area contributed by atoms with Crippen molar-refractivity contribution in [2.24, 2.45) is 0 Å². The topological polar surface area (TPSA) is 125 Å². The zero-order valence-corrected chi connectivity index (χ0v) is 13.3. The average molecular weight is 352 g/mol. The Morgan fingerprint density at radius 2 is 2.22 bits per heavy atom. The van der Waals surface area contributed by atoms with Crippen molar-refractivity contribution in [3.05, 3.63) is 36.8 Å². The monoisotopic (exact) mass is 351 g/mol. The average Bonchev–Trinajstić information content (AvgIpc) is 3.07. The second kappa shape index (κ2) is 5.98. The molecule has 2 N–H and O–H groups in total. The van der Waals surface area contributed by atoms with Crippen molar-refractivity contribution in [3.63, 3.8) is 0 Å². The molecular formula is C13H10ClN5O3S. The summed E-state index contributed by atoms with van der Waals surface area (Å²) >= 11 is 7.16. The number of nitriles is 1. The van der Waals surface area contributed by atoms with Gasteiger partial charge in [-0.1, -0.05) is 16.7 Å². The highest BCUT2D eigenvalue weighted by molar-refractivity contribution is 7.16. The SMILES string of the molecule is N#Cc1c(NC(=O)c2n[nH]c([N+](=O)[O-])c2Cl)sc2c1CCCC2. The van der Waals surface area contributed by atoms with E-state index in [-0.39, 0.29) is 10.7 Å². The first-order valence-corrected chi connectivity index (χ1v) is 7.96. The smallest absolute Gasteiger partial charge is 0.358 e. The minimum Gasteiger partial charge on any atom is -0.358 e. The van der Waals surface area contributed by atoms with Gasteiger partial charge in [0.2, 0.25) is 0 Å². The van der Waals surface area contributed by atoms with Gasteiger partial charge >= 0.3 is 5.82 Å². The lowest BCUT2D eigenvalue weighted by atomic mass is 9.96. The van der Waals surface area contributed by atoms with Gasteiger partial charge in [0.25, 0.3) is 5.91 Å². The Bertz CT molecular complexity index is 851. The number of aromatic amines is 1. The highest BCUT2D eigenvalue weighted by Gasteiger charge is 2.27. The van der Waals surface area contributed by atoms with Gasteiger partial charge in [-0.05, 0) is 36.2 Å². The summed E-state index contributed by atoms with van der Waals surface area (Å²) in [5, 5.41) is 28.4. The quantitative estimate of drug-likeness (QED) is 0.649. The molecule has 2 heterocycles. The van der Waals surface area contributed by atoms with E-state index < -0.39 is 16.6 Å². The third-order valence-electron chi connectivity index (χ3n) is 3.60. The van der Waals surface area contributed by atoms with Crippen LogP contribution in [-0.2, 0) is 12.8 Å². The van der Waals surface area contributed by atoms with Gasteiger partial charge in [-0.15, -0.1) is 16.4 Å². The predicted octanol–water partition coefficient (Wildman–Crippen LogP) is 3.04. The predicted molar refractivity (Wildman–Crippen MR) is 83.9 cm³/mol. The van der Waals surface area contributed by atoms with Crippen LogP contribution in [0.2, 0.25) is 5.02 Å². The third kappa shape index (κ3) is 2.67. The van der Waals surface area contributed by atoms with Crippen molar-refractivity contribution < 1.29 is 9.72 Å². The number of rotatable bonds is 3. The van der Waals surface area contributed by atoms with Gasteiger partial charge in [-0.2, -0.15) is 5.26 Å². The Morgan fingerprint density at radius 1 is 1.48 bits per heavy atom. The number of nitrogens with zero attached hydrogens (tertiary/aromatic N) is 3. The number of H-pyrrole nitrogens is 1. The fourth-order valence-corrected chi connectivity index (χ4v) is 4.00. The number of carbonyl (C=O) groups is 1. The van der Waals surface area contributed by atoms with Gasteiger partial charge < -0.3 is 15.4 Å². The van der Waals surface area contributed by atoms with Gasteiger partial charge in [-0.3, -0.25) is 4.79 Å². The fraction of sp³-hybridized carbons (Fsp3) is 0.308. The summed E-state index contributed by atoms with van der Waals surface area (Å²) in [6.45, 7) is 0. The van der Waals surface area contributed by atoms with Crippen molar-refractivity contribution >= 4 is 39.7 Å². The van der Waals surface area contributed by atoms with E-state index in [1.807, 2.05) is 0 Å². The second-order valence-electron chi connectivity index (χ2n) is 4.97. The number of aromatic nitrogens is 2. The lowest BCUT2D eigenvalue weighted by molar-refractivity contribution is -0.389. The molecule has 0 aliphatic heterocycles. The molecule has 0 saturated carbocycles. The van der Waals surface area contributed by atoms with Crippen molar-refractivity contribution in [2.45, 2.75) is 25.7 Å². The fourth-order valence-electron chi connectivity index (χ4n) is 2.53. The first kappa shape index (κ1) is 15.5.